The highest BCUT2D eigenvalue weighted by Gasteiger charge is 2.65. The number of hydrogen-bond donors (Lipinski definition) is 1. The third-order valence-electron chi connectivity index (χ3n) is 7.57. The van der Waals surface area contributed by atoms with E-state index in [-0.39, 0.29) is 11.5 Å². The minimum absolute atomic E-state index is 0.0404. The van der Waals surface area contributed by atoms with Crippen molar-refractivity contribution < 1.29 is 14.6 Å². The first kappa shape index (κ1) is 16.9. The third-order valence-corrected chi connectivity index (χ3v) is 7.57. The van der Waals surface area contributed by atoms with Gasteiger partial charge in [-0.25, -0.2) is 0 Å². The van der Waals surface area contributed by atoms with Crippen molar-refractivity contribution in [1.29, 1.82) is 0 Å². The van der Waals surface area contributed by atoms with Gasteiger partial charge in [0.05, 0.1) is 13.2 Å². The average molecular weight is 340 g/mol. The quantitative estimate of drug-likeness (QED) is 0.837. The Morgan fingerprint density at radius 3 is 2.76 bits per heavy atom. The number of hydrogen-bond acceptors (Lipinski definition) is 3. The Hall–Kier alpha value is -1.50. The van der Waals surface area contributed by atoms with Crippen molar-refractivity contribution in [2.24, 2.45) is 17.3 Å². The van der Waals surface area contributed by atoms with Crippen molar-refractivity contribution in [2.75, 3.05) is 14.2 Å². The van der Waals surface area contributed by atoms with Gasteiger partial charge in [0.1, 0.15) is 11.4 Å². The first-order chi connectivity index (χ1) is 12.0. The number of terminal acetylenes is 1. The summed E-state index contributed by atoms with van der Waals surface area (Å²) in [6.45, 7) is 2.19. The molecule has 2 fully saturated rings. The van der Waals surface area contributed by atoms with Crippen LogP contribution < -0.4 is 4.74 Å². The molecule has 25 heavy (non-hydrogen) atoms. The molecule has 0 amide bonds. The number of rotatable bonds is 2. The highest BCUT2D eigenvalue weighted by molar-refractivity contribution is 5.41. The zero-order chi connectivity index (χ0) is 17.8. The second-order valence-corrected chi connectivity index (χ2v) is 8.34. The summed E-state index contributed by atoms with van der Waals surface area (Å²) in [7, 11) is 3.49. The number of fused-ring (bicyclic) bond motifs is 5. The van der Waals surface area contributed by atoms with E-state index in [9.17, 15) is 5.11 Å². The van der Waals surface area contributed by atoms with Gasteiger partial charge < -0.3 is 14.6 Å². The Bertz CT molecular complexity index is 720. The van der Waals surface area contributed by atoms with Crippen LogP contribution in [0.15, 0.2) is 18.2 Å². The molecule has 0 saturated heterocycles. The Kier molecular flexibility index (Phi) is 3.90. The number of benzene rings is 1. The molecular formula is C22H28O3. The fraction of sp³-hybridized carbons (Fsp3) is 0.636. The Morgan fingerprint density at radius 1 is 1.28 bits per heavy atom. The Morgan fingerprint density at radius 2 is 2.08 bits per heavy atom. The molecule has 2 saturated carbocycles. The van der Waals surface area contributed by atoms with E-state index in [2.05, 4.69) is 31.0 Å². The highest BCUT2D eigenvalue weighted by Crippen LogP contribution is 2.64. The SMILES string of the molecule is C#C[C@]1(O)CC(OC)[C@H]2[C@@H]3CCc4cc(OC)ccc4[C@H]3CC[C@@]21C. The van der Waals surface area contributed by atoms with Gasteiger partial charge in [-0.3, -0.25) is 0 Å². The van der Waals surface area contributed by atoms with Gasteiger partial charge in [0.2, 0.25) is 0 Å². The van der Waals surface area contributed by atoms with Gasteiger partial charge in [0.15, 0.2) is 0 Å². The first-order valence-corrected chi connectivity index (χ1v) is 9.37. The van der Waals surface area contributed by atoms with E-state index < -0.39 is 5.60 Å². The van der Waals surface area contributed by atoms with E-state index in [1.165, 1.54) is 11.1 Å². The molecule has 3 aliphatic carbocycles. The lowest BCUT2D eigenvalue weighted by atomic mass is 9.53. The standard InChI is InChI=1S/C22H28O3/c1-5-22(23)13-19(25-4)20-18-8-6-14-12-15(24-3)7-9-16(14)17(18)10-11-21(20,22)2/h1,7,9,12,17-20,23H,6,8,10-11,13H2,2-4H3/t17-,18-,19?,20-,21+,22+/m1/s1. The van der Waals surface area contributed by atoms with E-state index in [1.807, 2.05) is 0 Å². The minimum Gasteiger partial charge on any atom is -0.497 e. The molecule has 0 radical (unpaired) electrons. The summed E-state index contributed by atoms with van der Waals surface area (Å²) in [5.74, 6) is 5.04. The molecule has 0 aromatic heterocycles. The molecule has 4 rings (SSSR count). The largest absolute Gasteiger partial charge is 0.497 e. The maximum absolute atomic E-state index is 11.2. The predicted molar refractivity (Wildman–Crippen MR) is 97.6 cm³/mol. The lowest BCUT2D eigenvalue weighted by molar-refractivity contribution is -0.0777. The second kappa shape index (κ2) is 5.76. The van der Waals surface area contributed by atoms with E-state index in [0.717, 1.165) is 31.4 Å². The maximum Gasteiger partial charge on any atom is 0.133 e. The smallest absolute Gasteiger partial charge is 0.133 e. The molecular weight excluding hydrogens is 312 g/mol. The summed E-state index contributed by atoms with van der Waals surface area (Å²) in [5, 5.41) is 11.2. The lowest BCUT2D eigenvalue weighted by Crippen LogP contribution is -2.51. The topological polar surface area (TPSA) is 38.7 Å². The van der Waals surface area contributed by atoms with Crippen LogP contribution in [0.3, 0.4) is 0 Å². The van der Waals surface area contributed by atoms with Crippen molar-refractivity contribution in [1.82, 2.24) is 0 Å². The van der Waals surface area contributed by atoms with Crippen LogP contribution in [0.25, 0.3) is 0 Å². The third kappa shape index (κ3) is 2.20. The minimum atomic E-state index is -1.05. The Labute approximate surface area is 150 Å². The van der Waals surface area contributed by atoms with Gasteiger partial charge in [-0.1, -0.05) is 18.9 Å². The molecule has 1 aromatic carbocycles. The van der Waals surface area contributed by atoms with Crippen molar-refractivity contribution in [3.8, 4) is 18.1 Å². The van der Waals surface area contributed by atoms with Gasteiger partial charge in [-0.05, 0) is 66.7 Å². The van der Waals surface area contributed by atoms with Gasteiger partial charge >= 0.3 is 0 Å². The van der Waals surface area contributed by atoms with Crippen LogP contribution >= 0.6 is 0 Å². The van der Waals surface area contributed by atoms with Crippen molar-refractivity contribution in [3.05, 3.63) is 29.3 Å². The van der Waals surface area contributed by atoms with E-state index in [0.29, 0.717) is 24.2 Å². The van der Waals surface area contributed by atoms with E-state index in [1.54, 1.807) is 14.2 Å². The Balaban J connectivity index is 1.74. The summed E-state index contributed by atoms with van der Waals surface area (Å²) < 4.78 is 11.2. The maximum atomic E-state index is 11.2. The first-order valence-electron chi connectivity index (χ1n) is 9.37. The number of methoxy groups -OCH3 is 2. The summed E-state index contributed by atoms with van der Waals surface area (Å²) in [6.07, 6.45) is 10.6. The summed E-state index contributed by atoms with van der Waals surface area (Å²) in [5.41, 5.74) is 1.57. The molecule has 1 aromatic rings. The van der Waals surface area contributed by atoms with Gasteiger partial charge in [0.25, 0.3) is 0 Å². The molecule has 0 spiro atoms. The molecule has 3 heteroatoms. The average Bonchev–Trinajstić information content (AvgIpc) is 2.88. The zero-order valence-electron chi connectivity index (χ0n) is 15.4. The van der Waals surface area contributed by atoms with Gasteiger partial charge in [-0.15, -0.1) is 6.42 Å². The lowest BCUT2D eigenvalue weighted by Gasteiger charge is -2.52. The van der Waals surface area contributed by atoms with Gasteiger partial charge in [-0.2, -0.15) is 0 Å². The van der Waals surface area contributed by atoms with Crippen LogP contribution in [0.1, 0.15) is 49.7 Å². The molecule has 3 nitrogen and oxygen atoms in total. The number of aryl methyl sites for hydroxylation is 1. The fourth-order valence-electron chi connectivity index (χ4n) is 6.21. The second-order valence-electron chi connectivity index (χ2n) is 8.34. The van der Waals surface area contributed by atoms with Crippen LogP contribution in [-0.2, 0) is 11.2 Å². The van der Waals surface area contributed by atoms with Gasteiger partial charge in [0, 0.05) is 18.9 Å². The van der Waals surface area contributed by atoms with Crippen LogP contribution in [-0.4, -0.2) is 31.0 Å². The molecule has 0 bridgehead atoms. The monoisotopic (exact) mass is 340 g/mol. The molecule has 6 atom stereocenters. The van der Waals surface area contributed by atoms with Crippen molar-refractivity contribution in [2.45, 2.75) is 56.7 Å². The molecule has 3 aliphatic rings. The fourth-order valence-corrected chi connectivity index (χ4v) is 6.21. The zero-order valence-corrected chi connectivity index (χ0v) is 15.4. The predicted octanol–water partition coefficient (Wildman–Crippen LogP) is 3.54. The normalized spacial score (nSPS) is 42.0. The number of aliphatic hydroxyl groups is 1. The van der Waals surface area contributed by atoms with Crippen LogP contribution in [0.5, 0.6) is 5.75 Å². The summed E-state index contributed by atoms with van der Waals surface area (Å²) in [6, 6.07) is 6.52. The van der Waals surface area contributed by atoms with E-state index >= 15 is 0 Å². The van der Waals surface area contributed by atoms with Crippen LogP contribution in [0.2, 0.25) is 0 Å². The molecule has 0 heterocycles. The highest BCUT2D eigenvalue weighted by atomic mass is 16.5. The molecule has 134 valence electrons. The summed E-state index contributed by atoms with van der Waals surface area (Å²) in [4.78, 5) is 0. The van der Waals surface area contributed by atoms with Crippen LogP contribution in [0, 0.1) is 29.6 Å². The molecule has 1 unspecified atom stereocenters. The number of ether oxygens (including phenoxy) is 2. The van der Waals surface area contributed by atoms with Crippen molar-refractivity contribution >= 4 is 0 Å². The van der Waals surface area contributed by atoms with Crippen molar-refractivity contribution in [3.63, 3.8) is 0 Å². The summed E-state index contributed by atoms with van der Waals surface area (Å²) >= 11 is 0. The molecule has 0 aliphatic heterocycles. The van der Waals surface area contributed by atoms with Crippen LogP contribution in [0.4, 0.5) is 0 Å². The van der Waals surface area contributed by atoms with E-state index in [4.69, 9.17) is 15.9 Å². The molecule has 1 N–H and O–H groups in total.